The molecule has 3 aliphatic rings. The number of hydrogen-bond acceptors (Lipinski definition) is 5. The highest BCUT2D eigenvalue weighted by atomic mass is 19.4. The fraction of sp³-hybridized carbons (Fsp3) is 0.524. The summed E-state index contributed by atoms with van der Waals surface area (Å²) in [6, 6.07) is 3.75. The predicted molar refractivity (Wildman–Crippen MR) is 102 cm³/mol. The number of benzene rings is 1. The summed E-state index contributed by atoms with van der Waals surface area (Å²) < 4.78 is 69.1. The normalized spacial score (nSPS) is 26.3. The highest BCUT2D eigenvalue weighted by Gasteiger charge is 2.61. The molecule has 2 heterocycles. The second kappa shape index (κ2) is 7.49. The van der Waals surface area contributed by atoms with Crippen LogP contribution in [0.5, 0.6) is 0 Å². The van der Waals surface area contributed by atoms with Crippen LogP contribution in [0.1, 0.15) is 53.9 Å². The smallest absolute Gasteiger partial charge is 0.351 e. The maximum absolute atomic E-state index is 13.3. The summed E-state index contributed by atoms with van der Waals surface area (Å²) >= 11 is 0. The van der Waals surface area contributed by atoms with Gasteiger partial charge in [-0.1, -0.05) is 30.1 Å². The first kappa shape index (κ1) is 21.8. The number of aromatic nitrogens is 2. The van der Waals surface area contributed by atoms with Crippen LogP contribution in [0.4, 0.5) is 22.0 Å². The van der Waals surface area contributed by atoms with Gasteiger partial charge in [-0.05, 0) is 24.5 Å². The van der Waals surface area contributed by atoms with Gasteiger partial charge in [0.1, 0.15) is 5.92 Å². The molecule has 2 fully saturated rings. The summed E-state index contributed by atoms with van der Waals surface area (Å²) in [7, 11) is 0. The fourth-order valence-corrected chi connectivity index (χ4v) is 4.62. The summed E-state index contributed by atoms with van der Waals surface area (Å²) in [5, 5.41) is 6.06. The predicted octanol–water partition coefficient (Wildman–Crippen LogP) is 3.79. The van der Waals surface area contributed by atoms with Gasteiger partial charge in [0.05, 0.1) is 6.04 Å². The Hall–Kier alpha value is -3.05. The molecule has 2 aliphatic carbocycles. The molecule has 0 spiro atoms. The summed E-state index contributed by atoms with van der Waals surface area (Å²) in [6.07, 6.45) is -2.42. The average Bonchev–Trinajstić information content (AvgIpc) is 3.09. The first-order chi connectivity index (χ1) is 15.5. The van der Waals surface area contributed by atoms with Crippen molar-refractivity contribution >= 4 is 11.8 Å². The number of fused-ring (bicyclic) bond motifs is 1. The summed E-state index contributed by atoms with van der Waals surface area (Å²) in [5.74, 6) is -7.08. The molecule has 33 heavy (non-hydrogen) atoms. The third-order valence-electron chi connectivity index (χ3n) is 6.47. The van der Waals surface area contributed by atoms with Gasteiger partial charge in [-0.2, -0.15) is 18.2 Å². The van der Waals surface area contributed by atoms with Crippen LogP contribution in [0.15, 0.2) is 22.7 Å². The SMILES string of the molecule is O=C(N[C@@H]1CCCC[C@H]1N1Cc2ccc(-c3noc(C(F)(F)F)n3)cc2C1=O)[C@H]1CC1(F)F. The van der Waals surface area contributed by atoms with E-state index in [1.807, 2.05) is 0 Å². The molecular weight excluding hydrogens is 451 g/mol. The lowest BCUT2D eigenvalue weighted by Gasteiger charge is -2.38. The number of nitrogens with one attached hydrogen (secondary N) is 1. The Bertz CT molecular complexity index is 1120. The maximum atomic E-state index is 13.3. The van der Waals surface area contributed by atoms with Gasteiger partial charge in [0.2, 0.25) is 11.7 Å². The minimum atomic E-state index is -4.78. The number of rotatable bonds is 4. The van der Waals surface area contributed by atoms with Crippen molar-refractivity contribution in [3.63, 3.8) is 0 Å². The van der Waals surface area contributed by atoms with Gasteiger partial charge in [0.25, 0.3) is 11.8 Å². The van der Waals surface area contributed by atoms with Crippen molar-refractivity contribution in [1.82, 2.24) is 20.4 Å². The second-order valence-corrected chi connectivity index (χ2v) is 8.71. The van der Waals surface area contributed by atoms with E-state index >= 15 is 0 Å². The van der Waals surface area contributed by atoms with E-state index in [1.54, 1.807) is 11.0 Å². The monoisotopic (exact) mass is 470 g/mol. The van der Waals surface area contributed by atoms with Crippen LogP contribution >= 0.6 is 0 Å². The van der Waals surface area contributed by atoms with Crippen LogP contribution in [-0.4, -0.2) is 44.9 Å². The number of halogens is 5. The van der Waals surface area contributed by atoms with Crippen molar-refractivity contribution in [2.45, 2.75) is 62.8 Å². The average molecular weight is 470 g/mol. The second-order valence-electron chi connectivity index (χ2n) is 8.71. The molecule has 2 saturated carbocycles. The molecule has 2 amide bonds. The van der Waals surface area contributed by atoms with Gasteiger partial charge in [0, 0.05) is 30.1 Å². The minimum absolute atomic E-state index is 0.202. The molecule has 7 nitrogen and oxygen atoms in total. The lowest BCUT2D eigenvalue weighted by molar-refractivity contribution is -0.159. The van der Waals surface area contributed by atoms with Crippen molar-refractivity contribution in [3.8, 4) is 11.4 Å². The number of alkyl halides is 5. The Morgan fingerprint density at radius 1 is 1.21 bits per heavy atom. The molecule has 5 rings (SSSR count). The van der Waals surface area contributed by atoms with E-state index in [0.29, 0.717) is 24.0 Å². The molecule has 0 unspecified atom stereocenters. The van der Waals surface area contributed by atoms with E-state index in [9.17, 15) is 31.5 Å². The molecule has 3 atom stereocenters. The van der Waals surface area contributed by atoms with Crippen molar-refractivity contribution in [3.05, 3.63) is 35.2 Å². The van der Waals surface area contributed by atoms with E-state index in [4.69, 9.17) is 0 Å². The molecule has 0 radical (unpaired) electrons. The van der Waals surface area contributed by atoms with Crippen LogP contribution < -0.4 is 5.32 Å². The highest BCUT2D eigenvalue weighted by molar-refractivity contribution is 5.99. The maximum Gasteiger partial charge on any atom is 0.471 e. The molecule has 1 aliphatic heterocycles. The third kappa shape index (κ3) is 3.95. The van der Waals surface area contributed by atoms with Crippen molar-refractivity contribution in [2.75, 3.05) is 0 Å². The van der Waals surface area contributed by atoms with Crippen molar-refractivity contribution in [2.24, 2.45) is 5.92 Å². The van der Waals surface area contributed by atoms with Gasteiger partial charge in [0.15, 0.2) is 0 Å². The fourth-order valence-electron chi connectivity index (χ4n) is 4.62. The summed E-state index contributed by atoms with van der Waals surface area (Å²) in [6.45, 7) is 0.255. The van der Waals surface area contributed by atoms with E-state index in [2.05, 4.69) is 20.0 Å². The van der Waals surface area contributed by atoms with Crippen LogP contribution in [0.2, 0.25) is 0 Å². The Labute approximate surface area is 184 Å². The molecule has 1 N–H and O–H groups in total. The molecule has 12 heteroatoms. The summed E-state index contributed by atoms with van der Waals surface area (Å²) in [4.78, 5) is 30.4. The quantitative estimate of drug-likeness (QED) is 0.687. The highest BCUT2D eigenvalue weighted by Crippen LogP contribution is 2.48. The Kier molecular flexibility index (Phi) is 4.94. The van der Waals surface area contributed by atoms with Crippen LogP contribution in [0.3, 0.4) is 0 Å². The lowest BCUT2D eigenvalue weighted by Crippen LogP contribution is -2.53. The number of carbonyl (C=O) groups is 2. The zero-order chi connectivity index (χ0) is 23.5. The number of amides is 2. The Balaban J connectivity index is 1.34. The molecule has 1 aromatic carbocycles. The molecule has 2 aromatic rings. The third-order valence-corrected chi connectivity index (χ3v) is 6.47. The standard InChI is InChI=1S/C21H19F5N4O3/c22-20(23)8-13(20)17(31)27-14-3-1-2-4-15(14)30-9-11-6-5-10(7-12(11)18(30)32)16-28-19(33-29-16)21(24,25)26/h5-7,13-15H,1-4,8-9H2,(H,27,31)/t13-,14-,15-/m1/s1. The summed E-state index contributed by atoms with van der Waals surface area (Å²) in [5.41, 5.74) is 1.18. The molecule has 176 valence electrons. The van der Waals surface area contributed by atoms with E-state index in [1.165, 1.54) is 12.1 Å². The van der Waals surface area contributed by atoms with Crippen molar-refractivity contribution in [1.29, 1.82) is 0 Å². The van der Waals surface area contributed by atoms with Gasteiger partial charge in [-0.3, -0.25) is 9.59 Å². The number of nitrogens with zero attached hydrogens (tertiary/aromatic N) is 3. The van der Waals surface area contributed by atoms with E-state index in [0.717, 1.165) is 12.8 Å². The largest absolute Gasteiger partial charge is 0.471 e. The van der Waals surface area contributed by atoms with Crippen LogP contribution in [0.25, 0.3) is 11.4 Å². The van der Waals surface area contributed by atoms with Gasteiger partial charge >= 0.3 is 12.1 Å². The van der Waals surface area contributed by atoms with Gasteiger partial charge in [-0.15, -0.1) is 0 Å². The zero-order valence-electron chi connectivity index (χ0n) is 17.2. The lowest BCUT2D eigenvalue weighted by atomic mass is 9.89. The van der Waals surface area contributed by atoms with Gasteiger partial charge in [-0.25, -0.2) is 8.78 Å². The first-order valence-corrected chi connectivity index (χ1v) is 10.6. The van der Waals surface area contributed by atoms with E-state index < -0.39 is 42.3 Å². The molecular formula is C21H19F5N4O3. The van der Waals surface area contributed by atoms with E-state index in [-0.39, 0.29) is 29.9 Å². The molecule has 0 bridgehead atoms. The first-order valence-electron chi connectivity index (χ1n) is 10.6. The van der Waals surface area contributed by atoms with Crippen LogP contribution in [-0.2, 0) is 17.5 Å². The Morgan fingerprint density at radius 3 is 2.61 bits per heavy atom. The molecule has 0 saturated heterocycles. The topological polar surface area (TPSA) is 88.3 Å². The van der Waals surface area contributed by atoms with Crippen molar-refractivity contribution < 1.29 is 36.1 Å². The van der Waals surface area contributed by atoms with Crippen LogP contribution in [0, 0.1) is 5.92 Å². The Morgan fingerprint density at radius 2 is 1.94 bits per heavy atom. The number of hydrogen-bond donors (Lipinski definition) is 1. The minimum Gasteiger partial charge on any atom is -0.351 e. The number of carbonyl (C=O) groups excluding carboxylic acids is 2. The zero-order valence-corrected chi connectivity index (χ0v) is 17.2. The van der Waals surface area contributed by atoms with Gasteiger partial charge < -0.3 is 14.7 Å². The molecule has 1 aromatic heterocycles.